The Bertz CT molecular complexity index is 852. The van der Waals surface area contributed by atoms with E-state index < -0.39 is 0 Å². The number of hydrogen-bond acceptors (Lipinski definition) is 4. The van der Waals surface area contributed by atoms with Gasteiger partial charge in [0.2, 0.25) is 0 Å². The Hall–Kier alpha value is -2.59. The van der Waals surface area contributed by atoms with Crippen molar-refractivity contribution in [3.05, 3.63) is 77.1 Å². The van der Waals surface area contributed by atoms with Gasteiger partial charge in [0.05, 0.1) is 0 Å². The van der Waals surface area contributed by atoms with Crippen molar-refractivity contribution in [1.82, 2.24) is 9.97 Å². The number of hydrogen-bond donors (Lipinski definition) is 1. The molecule has 1 heterocycles. The molecular formula is C21H23ClN4. The normalized spacial score (nSPS) is 10.6. The van der Waals surface area contributed by atoms with Crippen molar-refractivity contribution in [3.63, 3.8) is 0 Å². The van der Waals surface area contributed by atoms with Gasteiger partial charge in [0.1, 0.15) is 17.5 Å². The molecule has 1 aromatic heterocycles. The molecule has 134 valence electrons. The van der Waals surface area contributed by atoms with E-state index in [9.17, 15) is 0 Å². The van der Waals surface area contributed by atoms with Crippen LogP contribution in [-0.4, -0.2) is 23.1 Å². The number of aromatic nitrogens is 2. The summed E-state index contributed by atoms with van der Waals surface area (Å²) in [5, 5.41) is 4.17. The summed E-state index contributed by atoms with van der Waals surface area (Å²) in [6.45, 7) is 5.66. The number of anilines is 3. The van der Waals surface area contributed by atoms with Gasteiger partial charge in [-0.25, -0.2) is 9.97 Å². The fourth-order valence-electron chi connectivity index (χ4n) is 2.89. The van der Waals surface area contributed by atoms with Gasteiger partial charge < -0.3 is 10.2 Å². The molecule has 2 aromatic carbocycles. The molecule has 5 heteroatoms. The van der Waals surface area contributed by atoms with Gasteiger partial charge in [0.25, 0.3) is 0 Å². The number of rotatable bonds is 7. The van der Waals surface area contributed by atoms with Crippen LogP contribution >= 0.6 is 11.6 Å². The van der Waals surface area contributed by atoms with Gasteiger partial charge in [0, 0.05) is 29.9 Å². The number of nitrogens with one attached hydrogen (secondary N) is 1. The third-order valence-electron chi connectivity index (χ3n) is 4.09. The van der Waals surface area contributed by atoms with Crippen molar-refractivity contribution in [3.8, 4) is 0 Å². The van der Waals surface area contributed by atoms with Gasteiger partial charge in [-0.1, -0.05) is 41.9 Å². The zero-order valence-electron chi connectivity index (χ0n) is 15.1. The number of aryl methyl sites for hydroxylation is 1. The van der Waals surface area contributed by atoms with Gasteiger partial charge in [-0.2, -0.15) is 0 Å². The summed E-state index contributed by atoms with van der Waals surface area (Å²) >= 11 is 6.04. The summed E-state index contributed by atoms with van der Waals surface area (Å²) in [7, 11) is 0. The van der Waals surface area contributed by atoms with E-state index in [1.807, 2.05) is 49.4 Å². The first-order chi connectivity index (χ1) is 12.7. The first-order valence-corrected chi connectivity index (χ1v) is 9.20. The highest BCUT2D eigenvalue weighted by Gasteiger charge is 2.11. The van der Waals surface area contributed by atoms with Crippen LogP contribution < -0.4 is 10.2 Å². The van der Waals surface area contributed by atoms with E-state index in [0.717, 1.165) is 47.7 Å². The van der Waals surface area contributed by atoms with E-state index in [0.29, 0.717) is 0 Å². The second-order valence-corrected chi connectivity index (χ2v) is 6.48. The molecule has 0 saturated carbocycles. The minimum Gasteiger partial charge on any atom is -0.370 e. The number of para-hydroxylation sites is 1. The van der Waals surface area contributed by atoms with Crippen molar-refractivity contribution >= 4 is 28.9 Å². The molecule has 1 N–H and O–H groups in total. The van der Waals surface area contributed by atoms with Gasteiger partial charge >= 0.3 is 0 Å². The molecule has 0 bridgehead atoms. The van der Waals surface area contributed by atoms with Crippen LogP contribution in [0.25, 0.3) is 0 Å². The van der Waals surface area contributed by atoms with Gasteiger partial charge in [-0.3, -0.25) is 0 Å². The molecule has 0 aliphatic heterocycles. The first kappa shape index (κ1) is 18.2. The first-order valence-electron chi connectivity index (χ1n) is 8.82. The molecule has 0 spiro atoms. The van der Waals surface area contributed by atoms with Crippen LogP contribution in [0.4, 0.5) is 17.3 Å². The quantitative estimate of drug-likeness (QED) is 0.620. The van der Waals surface area contributed by atoms with E-state index in [4.69, 9.17) is 11.6 Å². The van der Waals surface area contributed by atoms with E-state index >= 15 is 0 Å². The van der Waals surface area contributed by atoms with E-state index in [1.54, 1.807) is 0 Å². The molecule has 3 aromatic rings. The average Bonchev–Trinajstić information content (AvgIpc) is 2.63. The molecule has 0 unspecified atom stereocenters. The van der Waals surface area contributed by atoms with Crippen molar-refractivity contribution in [2.75, 3.05) is 23.3 Å². The third-order valence-corrected chi connectivity index (χ3v) is 4.33. The lowest BCUT2D eigenvalue weighted by Crippen LogP contribution is -2.18. The lowest BCUT2D eigenvalue weighted by Gasteiger charge is -2.23. The summed E-state index contributed by atoms with van der Waals surface area (Å²) in [4.78, 5) is 11.3. The van der Waals surface area contributed by atoms with Crippen LogP contribution in [0.2, 0.25) is 5.02 Å². The minimum absolute atomic E-state index is 0.752. The van der Waals surface area contributed by atoms with Gasteiger partial charge in [-0.05, 0) is 50.1 Å². The van der Waals surface area contributed by atoms with E-state index in [2.05, 4.69) is 45.3 Å². The second kappa shape index (κ2) is 8.68. The van der Waals surface area contributed by atoms with Crippen molar-refractivity contribution < 1.29 is 0 Å². The summed E-state index contributed by atoms with van der Waals surface area (Å²) in [6.07, 6.45) is 0.884. The molecule has 0 aliphatic carbocycles. The fourth-order valence-corrected chi connectivity index (χ4v) is 3.11. The Morgan fingerprint density at radius 1 is 1.00 bits per heavy atom. The standard InChI is InChI=1S/C21H23ClN4/c1-3-26(19-10-5-4-6-11-19)21-15-20(24-16(2)25-21)23-13-12-17-8-7-9-18(22)14-17/h4-11,14-15H,3,12-13H2,1-2H3,(H,23,24,25). The maximum atomic E-state index is 6.04. The molecule has 0 radical (unpaired) electrons. The van der Waals surface area contributed by atoms with Crippen LogP contribution in [0.1, 0.15) is 18.3 Å². The summed E-state index contributed by atoms with van der Waals surface area (Å²) in [6, 6.07) is 20.2. The Morgan fingerprint density at radius 3 is 2.54 bits per heavy atom. The van der Waals surface area contributed by atoms with E-state index in [1.165, 1.54) is 5.56 Å². The topological polar surface area (TPSA) is 41.0 Å². The molecule has 0 aliphatic rings. The molecule has 0 atom stereocenters. The third kappa shape index (κ3) is 4.73. The molecule has 3 rings (SSSR count). The Labute approximate surface area is 159 Å². The predicted molar refractivity (Wildman–Crippen MR) is 110 cm³/mol. The second-order valence-electron chi connectivity index (χ2n) is 6.05. The molecular weight excluding hydrogens is 344 g/mol. The minimum atomic E-state index is 0.752. The molecule has 4 nitrogen and oxygen atoms in total. The zero-order valence-corrected chi connectivity index (χ0v) is 15.9. The van der Waals surface area contributed by atoms with E-state index in [-0.39, 0.29) is 0 Å². The molecule has 26 heavy (non-hydrogen) atoms. The molecule has 0 amide bonds. The number of halogens is 1. The van der Waals surface area contributed by atoms with Crippen LogP contribution in [0, 0.1) is 6.92 Å². The largest absolute Gasteiger partial charge is 0.370 e. The van der Waals surface area contributed by atoms with Crippen molar-refractivity contribution in [2.24, 2.45) is 0 Å². The average molecular weight is 367 g/mol. The smallest absolute Gasteiger partial charge is 0.138 e. The molecule has 0 saturated heterocycles. The maximum absolute atomic E-state index is 6.04. The van der Waals surface area contributed by atoms with Crippen molar-refractivity contribution in [2.45, 2.75) is 20.3 Å². The number of nitrogens with zero attached hydrogens (tertiary/aromatic N) is 3. The monoisotopic (exact) mass is 366 g/mol. The highest BCUT2D eigenvalue weighted by atomic mass is 35.5. The van der Waals surface area contributed by atoms with Gasteiger partial charge in [0.15, 0.2) is 0 Å². The van der Waals surface area contributed by atoms with Crippen LogP contribution in [0.3, 0.4) is 0 Å². The lowest BCUT2D eigenvalue weighted by atomic mass is 10.1. The highest BCUT2D eigenvalue weighted by molar-refractivity contribution is 6.30. The SMILES string of the molecule is CCN(c1ccccc1)c1cc(NCCc2cccc(Cl)c2)nc(C)n1. The lowest BCUT2D eigenvalue weighted by molar-refractivity contribution is 0.939. The van der Waals surface area contributed by atoms with Crippen LogP contribution in [0.5, 0.6) is 0 Å². The zero-order chi connectivity index (χ0) is 18.4. The Morgan fingerprint density at radius 2 is 1.81 bits per heavy atom. The summed E-state index contributed by atoms with van der Waals surface area (Å²) < 4.78 is 0. The fraction of sp³-hybridized carbons (Fsp3) is 0.238. The van der Waals surface area contributed by atoms with Gasteiger partial charge in [-0.15, -0.1) is 0 Å². The number of benzene rings is 2. The molecule has 0 fully saturated rings. The predicted octanol–water partition coefficient (Wildman–Crippen LogP) is 5.25. The summed E-state index contributed by atoms with van der Waals surface area (Å²) in [5.41, 5.74) is 2.33. The van der Waals surface area contributed by atoms with Crippen LogP contribution in [0.15, 0.2) is 60.7 Å². The Kier molecular flexibility index (Phi) is 6.08. The maximum Gasteiger partial charge on any atom is 0.138 e. The van der Waals surface area contributed by atoms with Crippen LogP contribution in [-0.2, 0) is 6.42 Å². The van der Waals surface area contributed by atoms with Crippen molar-refractivity contribution in [1.29, 1.82) is 0 Å². The Balaban J connectivity index is 1.73. The highest BCUT2D eigenvalue weighted by Crippen LogP contribution is 2.24. The summed E-state index contributed by atoms with van der Waals surface area (Å²) in [5.74, 6) is 2.49.